The maximum absolute atomic E-state index is 13.2. The third-order valence-electron chi connectivity index (χ3n) is 3.36. The Morgan fingerprint density at radius 2 is 2.05 bits per heavy atom. The zero-order chi connectivity index (χ0) is 16.0. The number of hydrogen-bond acceptors (Lipinski definition) is 8. The summed E-state index contributed by atoms with van der Waals surface area (Å²) in [5.74, 6) is -1.30. The number of fused-ring (bicyclic) bond motifs is 1. The van der Waals surface area contributed by atoms with Crippen molar-refractivity contribution in [2.45, 2.75) is 24.5 Å². The molecule has 3 rings (SSSR count). The fourth-order valence-electron chi connectivity index (χ4n) is 2.24. The molecular weight excluding hydrogens is 303 g/mol. The van der Waals surface area contributed by atoms with Gasteiger partial charge in [-0.15, -0.1) is 0 Å². The summed E-state index contributed by atoms with van der Waals surface area (Å²) in [4.78, 5) is 31.9. The molecule has 1 aliphatic heterocycles. The van der Waals surface area contributed by atoms with Crippen molar-refractivity contribution in [1.82, 2.24) is 19.5 Å². The third kappa shape index (κ3) is 2.20. The van der Waals surface area contributed by atoms with Gasteiger partial charge in [0.25, 0.3) is 5.95 Å². The predicted octanol–water partition coefficient (Wildman–Crippen LogP) is -2.77. The number of hydrogen-bond donors (Lipinski definition) is 4. The van der Waals surface area contributed by atoms with Crippen molar-refractivity contribution in [3.63, 3.8) is 0 Å². The molecule has 0 radical (unpaired) electrons. The summed E-state index contributed by atoms with van der Waals surface area (Å²) in [6, 6.07) is 0. The molecule has 1 saturated heterocycles. The highest BCUT2D eigenvalue weighted by molar-refractivity contribution is 5.67. The number of aliphatic hydroxyl groups excluding tert-OH is 3. The Morgan fingerprint density at radius 3 is 2.68 bits per heavy atom. The summed E-state index contributed by atoms with van der Waals surface area (Å²) in [7, 11) is 0. The van der Waals surface area contributed by atoms with Crippen molar-refractivity contribution in [3.8, 4) is 0 Å². The van der Waals surface area contributed by atoms with Crippen LogP contribution in [0.4, 0.5) is 4.39 Å². The van der Waals surface area contributed by atoms with Gasteiger partial charge in [-0.05, 0) is 0 Å². The maximum Gasteiger partial charge on any atom is 0.351 e. The molecule has 3 heterocycles. The van der Waals surface area contributed by atoms with E-state index in [0.717, 1.165) is 10.8 Å². The molecule has 0 saturated carbocycles. The number of aromatic nitrogens is 4. The molecular formula is C11H11FN4O6. The van der Waals surface area contributed by atoms with E-state index in [9.17, 15) is 24.2 Å². The largest absolute Gasteiger partial charge is 0.394 e. The van der Waals surface area contributed by atoms with Crippen molar-refractivity contribution in [2.24, 2.45) is 0 Å². The first-order valence-electron chi connectivity index (χ1n) is 6.23. The molecule has 0 spiro atoms. The lowest BCUT2D eigenvalue weighted by Gasteiger charge is -2.17. The quantitative estimate of drug-likeness (QED) is 0.465. The standard InChI is InChI=1S/C11H11FN4O6/c12-7-9(20)14-8-3(13-7)1-16(11(21)15-8)10-6(19)5(18)4(2-17)22-10/h1,4-6,10,17-19H,2H2,(H,14,15,20,21)/t4-,5+,6+,10-/m1/s1. The van der Waals surface area contributed by atoms with Gasteiger partial charge in [0.2, 0.25) is 0 Å². The minimum atomic E-state index is -1.50. The van der Waals surface area contributed by atoms with Crippen LogP contribution in [-0.2, 0) is 4.74 Å². The van der Waals surface area contributed by atoms with Gasteiger partial charge in [0.1, 0.15) is 23.8 Å². The van der Waals surface area contributed by atoms with E-state index < -0.39 is 48.3 Å². The molecule has 10 nitrogen and oxygen atoms in total. The molecule has 2 aromatic rings. The Labute approximate surface area is 120 Å². The van der Waals surface area contributed by atoms with Crippen molar-refractivity contribution < 1.29 is 24.4 Å². The fraction of sp³-hybridized carbons (Fsp3) is 0.455. The Morgan fingerprint density at radius 1 is 1.32 bits per heavy atom. The average molecular weight is 314 g/mol. The third-order valence-corrected chi connectivity index (χ3v) is 3.36. The molecule has 0 bridgehead atoms. The number of H-pyrrole nitrogens is 1. The van der Waals surface area contributed by atoms with Crippen molar-refractivity contribution in [2.75, 3.05) is 6.61 Å². The number of halogens is 1. The number of aliphatic hydroxyl groups is 3. The van der Waals surface area contributed by atoms with E-state index in [4.69, 9.17) is 9.84 Å². The van der Waals surface area contributed by atoms with Crippen LogP contribution >= 0.6 is 0 Å². The molecule has 1 aliphatic rings. The predicted molar refractivity (Wildman–Crippen MR) is 67.4 cm³/mol. The highest BCUT2D eigenvalue weighted by Gasteiger charge is 2.43. The zero-order valence-corrected chi connectivity index (χ0v) is 10.9. The van der Waals surface area contributed by atoms with Crippen LogP contribution in [0.1, 0.15) is 6.23 Å². The molecule has 11 heteroatoms. The Bertz CT molecular complexity index is 835. The van der Waals surface area contributed by atoms with E-state index in [1.807, 2.05) is 4.98 Å². The number of nitrogens with zero attached hydrogens (tertiary/aromatic N) is 3. The number of rotatable bonds is 2. The first-order chi connectivity index (χ1) is 10.4. The molecule has 0 amide bonds. The number of ether oxygens (including phenoxy) is 1. The molecule has 2 aromatic heterocycles. The van der Waals surface area contributed by atoms with Gasteiger partial charge in [0.15, 0.2) is 11.9 Å². The van der Waals surface area contributed by atoms with E-state index in [1.54, 1.807) is 0 Å². The lowest BCUT2D eigenvalue weighted by Crippen LogP contribution is -2.36. The van der Waals surface area contributed by atoms with Crippen LogP contribution in [0.5, 0.6) is 0 Å². The Hall–Kier alpha value is -2.21. The molecule has 22 heavy (non-hydrogen) atoms. The lowest BCUT2D eigenvalue weighted by atomic mass is 10.1. The second-order valence-corrected chi connectivity index (χ2v) is 4.75. The van der Waals surface area contributed by atoms with Gasteiger partial charge in [-0.3, -0.25) is 9.36 Å². The second-order valence-electron chi connectivity index (χ2n) is 4.75. The van der Waals surface area contributed by atoms with Crippen LogP contribution in [-0.4, -0.2) is 59.8 Å². The van der Waals surface area contributed by atoms with Crippen LogP contribution in [0.25, 0.3) is 11.2 Å². The monoisotopic (exact) mass is 314 g/mol. The van der Waals surface area contributed by atoms with Crippen LogP contribution < -0.4 is 11.2 Å². The molecule has 1 fully saturated rings. The van der Waals surface area contributed by atoms with Crippen molar-refractivity contribution >= 4 is 11.2 Å². The van der Waals surface area contributed by atoms with Gasteiger partial charge in [-0.1, -0.05) is 0 Å². The first-order valence-corrected chi connectivity index (χ1v) is 6.23. The second kappa shape index (κ2) is 5.21. The topological polar surface area (TPSA) is 151 Å². The van der Waals surface area contributed by atoms with Crippen molar-refractivity contribution in [3.05, 3.63) is 33.0 Å². The minimum Gasteiger partial charge on any atom is -0.394 e. The van der Waals surface area contributed by atoms with Crippen LogP contribution in [0.15, 0.2) is 15.8 Å². The molecule has 118 valence electrons. The average Bonchev–Trinajstić information content (AvgIpc) is 2.76. The summed E-state index contributed by atoms with van der Waals surface area (Å²) in [6.45, 7) is -0.565. The number of nitrogens with one attached hydrogen (secondary N) is 1. The van der Waals surface area contributed by atoms with E-state index in [1.165, 1.54) is 0 Å². The van der Waals surface area contributed by atoms with Crippen LogP contribution in [0.3, 0.4) is 0 Å². The molecule has 4 N–H and O–H groups in total. The van der Waals surface area contributed by atoms with E-state index in [2.05, 4.69) is 9.97 Å². The van der Waals surface area contributed by atoms with Crippen LogP contribution in [0.2, 0.25) is 0 Å². The van der Waals surface area contributed by atoms with Crippen molar-refractivity contribution in [1.29, 1.82) is 0 Å². The zero-order valence-electron chi connectivity index (χ0n) is 10.9. The molecule has 4 atom stereocenters. The van der Waals surface area contributed by atoms with E-state index in [-0.39, 0.29) is 11.2 Å². The van der Waals surface area contributed by atoms with Gasteiger partial charge >= 0.3 is 11.2 Å². The molecule has 0 aliphatic carbocycles. The van der Waals surface area contributed by atoms with Crippen LogP contribution in [0, 0.1) is 5.95 Å². The molecule has 0 unspecified atom stereocenters. The fourth-order valence-corrected chi connectivity index (χ4v) is 2.24. The van der Waals surface area contributed by atoms with Gasteiger partial charge in [0, 0.05) is 6.20 Å². The van der Waals surface area contributed by atoms with Gasteiger partial charge in [0.05, 0.1) is 6.61 Å². The summed E-state index contributed by atoms with van der Waals surface area (Å²) >= 11 is 0. The summed E-state index contributed by atoms with van der Waals surface area (Å²) in [5, 5.41) is 28.6. The smallest absolute Gasteiger partial charge is 0.351 e. The summed E-state index contributed by atoms with van der Waals surface area (Å²) < 4.78 is 19.2. The normalized spacial score (nSPS) is 28.4. The minimum absolute atomic E-state index is 0.144. The van der Waals surface area contributed by atoms with E-state index in [0.29, 0.717) is 0 Å². The molecule has 0 aromatic carbocycles. The Kier molecular flexibility index (Phi) is 3.48. The Balaban J connectivity index is 2.12. The first kappa shape index (κ1) is 14.7. The highest BCUT2D eigenvalue weighted by Crippen LogP contribution is 2.28. The highest BCUT2D eigenvalue weighted by atomic mass is 19.1. The van der Waals surface area contributed by atoms with Gasteiger partial charge in [-0.25, -0.2) is 9.78 Å². The van der Waals surface area contributed by atoms with Gasteiger partial charge < -0.3 is 25.0 Å². The summed E-state index contributed by atoms with van der Waals surface area (Å²) in [5.41, 5.74) is -2.40. The van der Waals surface area contributed by atoms with Gasteiger partial charge in [-0.2, -0.15) is 9.37 Å². The number of aromatic amines is 1. The summed E-state index contributed by atoms with van der Waals surface area (Å²) in [6.07, 6.45) is -4.28. The lowest BCUT2D eigenvalue weighted by molar-refractivity contribution is -0.0547. The maximum atomic E-state index is 13.2. The SMILES string of the molecule is O=c1[nH]c2nc(=O)n([C@@H]3O[C@H](CO)[C@H](O)[C@@H]3O)cc2nc1F. The van der Waals surface area contributed by atoms with E-state index >= 15 is 0 Å².